The minimum Gasteiger partial charge on any atom is -0.385 e. The summed E-state index contributed by atoms with van der Waals surface area (Å²) in [6.07, 6.45) is 5.15. The summed E-state index contributed by atoms with van der Waals surface area (Å²) in [7, 11) is 0. The third kappa shape index (κ3) is 4.72. The number of anilines is 1. The predicted octanol–water partition coefficient (Wildman–Crippen LogP) is 2.21. The fourth-order valence-corrected chi connectivity index (χ4v) is 2.00. The van der Waals surface area contributed by atoms with E-state index in [9.17, 15) is 4.79 Å². The second-order valence-corrected chi connectivity index (χ2v) is 4.69. The van der Waals surface area contributed by atoms with Gasteiger partial charge in [-0.2, -0.15) is 0 Å². The van der Waals surface area contributed by atoms with Gasteiger partial charge in [0.15, 0.2) is 0 Å². The molecule has 0 fully saturated rings. The predicted molar refractivity (Wildman–Crippen MR) is 79.1 cm³/mol. The number of hydrogen-bond acceptors (Lipinski definition) is 3. The van der Waals surface area contributed by atoms with Crippen LogP contribution in [0.4, 0.5) is 5.69 Å². The molecule has 0 heterocycles. The van der Waals surface area contributed by atoms with Crippen LogP contribution in [0.3, 0.4) is 0 Å². The van der Waals surface area contributed by atoms with Gasteiger partial charge in [0.25, 0.3) is 5.91 Å². The van der Waals surface area contributed by atoms with E-state index < -0.39 is 0 Å². The lowest BCUT2D eigenvalue weighted by molar-refractivity contribution is 0.0957. The molecule has 4 heteroatoms. The number of para-hydroxylation sites is 1. The largest absolute Gasteiger partial charge is 0.385 e. The molecule has 0 aliphatic carbocycles. The number of carbonyl (C=O) groups is 1. The van der Waals surface area contributed by atoms with Gasteiger partial charge in [0.1, 0.15) is 0 Å². The smallest absolute Gasteiger partial charge is 0.253 e. The number of nitrogens with one attached hydrogen (secondary N) is 2. The number of rotatable bonds is 7. The molecule has 0 radical (unpaired) electrons. The van der Waals surface area contributed by atoms with Crippen molar-refractivity contribution in [2.45, 2.75) is 6.92 Å². The number of terminal acetylenes is 1. The molecule has 2 N–H and O–H groups in total. The fourth-order valence-electron chi connectivity index (χ4n) is 1.49. The molecule has 1 rings (SSSR count). The van der Waals surface area contributed by atoms with Crippen LogP contribution >= 0.6 is 11.8 Å². The molecule has 0 aliphatic rings. The van der Waals surface area contributed by atoms with Crippen LogP contribution in [-0.4, -0.2) is 30.5 Å². The van der Waals surface area contributed by atoms with Crippen LogP contribution in [0.15, 0.2) is 24.3 Å². The Morgan fingerprint density at radius 3 is 2.94 bits per heavy atom. The maximum Gasteiger partial charge on any atom is 0.253 e. The highest BCUT2D eigenvalue weighted by Gasteiger charge is 2.09. The van der Waals surface area contributed by atoms with Gasteiger partial charge in [0, 0.05) is 24.5 Å². The fraction of sp³-hybridized carbons (Fsp3) is 0.357. The Hall–Kier alpha value is -1.60. The monoisotopic (exact) mass is 262 g/mol. The standard InChI is InChI=1S/C14H18N2OS/c1-3-10-18-11-9-16-14(17)12-7-5-6-8-13(12)15-4-2/h1,5-8,15H,4,9-11H2,2H3,(H,16,17). The molecule has 1 aromatic rings. The van der Waals surface area contributed by atoms with Crippen molar-refractivity contribution in [1.82, 2.24) is 5.32 Å². The summed E-state index contributed by atoms with van der Waals surface area (Å²) >= 11 is 1.64. The molecule has 3 nitrogen and oxygen atoms in total. The SMILES string of the molecule is C#CCSCCNC(=O)c1ccccc1NCC. The van der Waals surface area contributed by atoms with E-state index in [1.807, 2.05) is 31.2 Å². The molecule has 96 valence electrons. The Bertz CT molecular complexity index is 426. The molecule has 0 spiro atoms. The highest BCUT2D eigenvalue weighted by atomic mass is 32.2. The van der Waals surface area contributed by atoms with Gasteiger partial charge < -0.3 is 10.6 Å². The van der Waals surface area contributed by atoms with Crippen LogP contribution < -0.4 is 10.6 Å². The molecule has 18 heavy (non-hydrogen) atoms. The molecular formula is C14H18N2OS. The lowest BCUT2D eigenvalue weighted by Gasteiger charge is -2.10. The van der Waals surface area contributed by atoms with E-state index in [0.717, 1.165) is 18.0 Å². The zero-order valence-corrected chi connectivity index (χ0v) is 11.3. The summed E-state index contributed by atoms with van der Waals surface area (Å²) < 4.78 is 0. The number of benzene rings is 1. The van der Waals surface area contributed by atoms with Gasteiger partial charge in [-0.25, -0.2) is 0 Å². The summed E-state index contributed by atoms with van der Waals surface area (Å²) in [6, 6.07) is 7.51. The minimum atomic E-state index is -0.0483. The quantitative estimate of drug-likeness (QED) is 0.585. The lowest BCUT2D eigenvalue weighted by atomic mass is 10.1. The Morgan fingerprint density at radius 2 is 2.22 bits per heavy atom. The minimum absolute atomic E-state index is 0.0483. The summed E-state index contributed by atoms with van der Waals surface area (Å²) in [6.45, 7) is 3.43. The van der Waals surface area contributed by atoms with Gasteiger partial charge in [-0.05, 0) is 19.1 Å². The third-order valence-corrected chi connectivity index (χ3v) is 3.12. The van der Waals surface area contributed by atoms with Crippen molar-refractivity contribution >= 4 is 23.4 Å². The molecule has 0 aliphatic heterocycles. The van der Waals surface area contributed by atoms with E-state index >= 15 is 0 Å². The average Bonchev–Trinajstić information content (AvgIpc) is 2.39. The molecule has 0 saturated heterocycles. The van der Waals surface area contributed by atoms with Crippen molar-refractivity contribution in [3.63, 3.8) is 0 Å². The Labute approximate surface area is 113 Å². The summed E-state index contributed by atoms with van der Waals surface area (Å²) in [5.74, 6) is 4.02. The third-order valence-electron chi connectivity index (χ3n) is 2.26. The number of hydrogen-bond donors (Lipinski definition) is 2. The highest BCUT2D eigenvalue weighted by molar-refractivity contribution is 7.99. The molecule has 1 aromatic carbocycles. The van der Waals surface area contributed by atoms with E-state index in [1.54, 1.807) is 11.8 Å². The first-order chi connectivity index (χ1) is 8.79. The Morgan fingerprint density at radius 1 is 1.44 bits per heavy atom. The molecule has 0 bridgehead atoms. The Kier molecular flexibility index (Phi) is 6.82. The van der Waals surface area contributed by atoms with Crippen molar-refractivity contribution < 1.29 is 4.79 Å². The van der Waals surface area contributed by atoms with Crippen LogP contribution in [0.1, 0.15) is 17.3 Å². The van der Waals surface area contributed by atoms with E-state index in [-0.39, 0.29) is 5.91 Å². The van der Waals surface area contributed by atoms with Gasteiger partial charge in [-0.3, -0.25) is 4.79 Å². The molecule has 0 unspecified atom stereocenters. The molecule has 0 saturated carbocycles. The normalized spacial score (nSPS) is 9.56. The topological polar surface area (TPSA) is 41.1 Å². The first-order valence-electron chi connectivity index (χ1n) is 5.92. The second-order valence-electron chi connectivity index (χ2n) is 3.59. The second kappa shape index (κ2) is 8.48. The average molecular weight is 262 g/mol. The van der Waals surface area contributed by atoms with Crippen LogP contribution in [0.25, 0.3) is 0 Å². The Balaban J connectivity index is 2.48. The van der Waals surface area contributed by atoms with Gasteiger partial charge >= 0.3 is 0 Å². The van der Waals surface area contributed by atoms with Crippen LogP contribution in [0, 0.1) is 12.3 Å². The molecule has 1 amide bonds. The number of amides is 1. The van der Waals surface area contributed by atoms with Crippen LogP contribution in [-0.2, 0) is 0 Å². The maximum absolute atomic E-state index is 12.0. The van der Waals surface area contributed by atoms with Crippen molar-refractivity contribution in [3.8, 4) is 12.3 Å². The first kappa shape index (κ1) is 14.5. The van der Waals surface area contributed by atoms with Gasteiger partial charge in [0.05, 0.1) is 11.3 Å². The lowest BCUT2D eigenvalue weighted by Crippen LogP contribution is -2.26. The van der Waals surface area contributed by atoms with Gasteiger partial charge in [-0.15, -0.1) is 18.2 Å². The van der Waals surface area contributed by atoms with Crippen molar-refractivity contribution in [2.24, 2.45) is 0 Å². The zero-order valence-electron chi connectivity index (χ0n) is 10.5. The first-order valence-corrected chi connectivity index (χ1v) is 7.07. The van der Waals surface area contributed by atoms with Crippen LogP contribution in [0.5, 0.6) is 0 Å². The van der Waals surface area contributed by atoms with Gasteiger partial charge in [0.2, 0.25) is 0 Å². The molecule has 0 atom stereocenters. The van der Waals surface area contributed by atoms with Crippen LogP contribution in [0.2, 0.25) is 0 Å². The van der Waals surface area contributed by atoms with E-state index in [1.165, 1.54) is 0 Å². The van der Waals surface area contributed by atoms with Gasteiger partial charge in [-0.1, -0.05) is 18.1 Å². The molecule has 0 aromatic heterocycles. The van der Waals surface area contributed by atoms with Crippen molar-refractivity contribution in [1.29, 1.82) is 0 Å². The maximum atomic E-state index is 12.0. The summed E-state index contributed by atoms with van der Waals surface area (Å²) in [5.41, 5.74) is 1.55. The summed E-state index contributed by atoms with van der Waals surface area (Å²) in [4.78, 5) is 12.0. The highest BCUT2D eigenvalue weighted by Crippen LogP contribution is 2.14. The number of thioether (sulfide) groups is 1. The van der Waals surface area contributed by atoms with Crippen molar-refractivity contribution in [2.75, 3.05) is 29.9 Å². The summed E-state index contributed by atoms with van der Waals surface area (Å²) in [5, 5.41) is 6.06. The van der Waals surface area contributed by atoms with E-state index in [0.29, 0.717) is 17.9 Å². The van der Waals surface area contributed by atoms with E-state index in [2.05, 4.69) is 16.6 Å². The molecular weight excluding hydrogens is 244 g/mol. The van der Waals surface area contributed by atoms with E-state index in [4.69, 9.17) is 6.42 Å². The zero-order chi connectivity index (χ0) is 13.2. The number of carbonyl (C=O) groups excluding carboxylic acids is 1. The van der Waals surface area contributed by atoms with Crippen molar-refractivity contribution in [3.05, 3.63) is 29.8 Å².